The Hall–Kier alpha value is -2.22. The molecule has 0 spiro atoms. The Labute approximate surface area is 200 Å². The zero-order valence-electron chi connectivity index (χ0n) is 20.7. The first-order valence-electron chi connectivity index (χ1n) is 11.8. The normalized spacial score (nSPS) is 22.5. The molecule has 3 heterocycles. The van der Waals surface area contributed by atoms with Gasteiger partial charge in [0, 0.05) is 35.9 Å². The first kappa shape index (κ1) is 23.9. The summed E-state index contributed by atoms with van der Waals surface area (Å²) in [7, 11) is 0. The van der Waals surface area contributed by atoms with Gasteiger partial charge in [0.2, 0.25) is 5.91 Å². The number of carbonyl (C=O) groups is 2. The fraction of sp³-hybridized carbons (Fsp3) is 0.640. The molecule has 1 saturated carbocycles. The van der Waals surface area contributed by atoms with E-state index in [1.165, 1.54) is 4.90 Å². The molecule has 7 nitrogen and oxygen atoms in total. The van der Waals surface area contributed by atoms with Gasteiger partial charge in [-0.05, 0) is 64.5 Å². The summed E-state index contributed by atoms with van der Waals surface area (Å²) in [5, 5.41) is 3.23. The Kier molecular flexibility index (Phi) is 6.18. The van der Waals surface area contributed by atoms with Gasteiger partial charge in [-0.2, -0.15) is 0 Å². The number of pyridine rings is 1. The number of carbonyl (C=O) groups excluding carboxylic acids is 2. The fourth-order valence-corrected chi connectivity index (χ4v) is 5.66. The zero-order chi connectivity index (χ0) is 24.1. The molecule has 180 valence electrons. The van der Waals surface area contributed by atoms with Gasteiger partial charge < -0.3 is 19.4 Å². The number of rotatable bonds is 6. The standard InChI is InChI=1S/C25H36N4O3S/c1-15(2)14-33-19-9-8-10-29-18(19)11-26-22(29)25(6,7)27-21(30)20-16-12-28(13-17(16)20)23(31)32-24(3,4)5/h8-11,15-17,20H,12-14H2,1-7H3,(H,27,30)/t16-,17+,20+. The van der Waals surface area contributed by atoms with E-state index in [4.69, 9.17) is 9.72 Å². The third kappa shape index (κ3) is 5.00. The van der Waals surface area contributed by atoms with Crippen LogP contribution in [0, 0.1) is 23.7 Å². The van der Waals surface area contributed by atoms with Crippen LogP contribution < -0.4 is 5.32 Å². The number of nitrogens with zero attached hydrogens (tertiary/aromatic N) is 3. The van der Waals surface area contributed by atoms with Crippen LogP contribution in [0.3, 0.4) is 0 Å². The predicted octanol–water partition coefficient (Wildman–Crippen LogP) is 4.55. The third-order valence-electron chi connectivity index (χ3n) is 6.25. The lowest BCUT2D eigenvalue weighted by Gasteiger charge is -2.27. The number of thioether (sulfide) groups is 1. The molecule has 2 aromatic rings. The smallest absolute Gasteiger partial charge is 0.410 e. The Morgan fingerprint density at radius 2 is 1.88 bits per heavy atom. The van der Waals surface area contributed by atoms with E-state index in [-0.39, 0.29) is 29.8 Å². The van der Waals surface area contributed by atoms with Gasteiger partial charge in [-0.25, -0.2) is 9.78 Å². The van der Waals surface area contributed by atoms with Crippen LogP contribution in [0.2, 0.25) is 0 Å². The van der Waals surface area contributed by atoms with E-state index < -0.39 is 11.1 Å². The minimum atomic E-state index is -0.618. The number of fused-ring (bicyclic) bond motifs is 2. The highest BCUT2D eigenvalue weighted by atomic mass is 32.2. The molecule has 2 aromatic heterocycles. The second kappa shape index (κ2) is 8.53. The highest BCUT2D eigenvalue weighted by molar-refractivity contribution is 7.99. The molecular formula is C25H36N4O3S. The summed E-state index contributed by atoms with van der Waals surface area (Å²) in [4.78, 5) is 33.1. The second-order valence-corrected chi connectivity index (χ2v) is 12.3. The monoisotopic (exact) mass is 472 g/mol. The Morgan fingerprint density at radius 3 is 2.48 bits per heavy atom. The number of hydrogen-bond donors (Lipinski definition) is 1. The van der Waals surface area contributed by atoms with Crippen molar-refractivity contribution < 1.29 is 14.3 Å². The maximum atomic E-state index is 13.1. The SMILES string of the molecule is CC(C)CSc1cccn2c(C(C)(C)NC(=O)[C@H]3[C@@H]4CN(C(=O)OC(C)(C)C)C[C@@H]43)ncc12. The topological polar surface area (TPSA) is 75.9 Å². The molecule has 2 amide bonds. The summed E-state index contributed by atoms with van der Waals surface area (Å²) in [6.45, 7) is 15.2. The maximum Gasteiger partial charge on any atom is 0.410 e. The van der Waals surface area contributed by atoms with E-state index in [0.29, 0.717) is 19.0 Å². The number of nitrogens with one attached hydrogen (secondary N) is 1. The molecule has 3 atom stereocenters. The van der Waals surface area contributed by atoms with Crippen LogP contribution >= 0.6 is 11.8 Å². The van der Waals surface area contributed by atoms with Gasteiger partial charge in [-0.1, -0.05) is 13.8 Å². The molecular weight excluding hydrogens is 436 g/mol. The van der Waals surface area contributed by atoms with Crippen molar-refractivity contribution in [3.8, 4) is 0 Å². The molecule has 8 heteroatoms. The molecule has 0 radical (unpaired) electrons. The van der Waals surface area contributed by atoms with E-state index in [2.05, 4.69) is 29.6 Å². The van der Waals surface area contributed by atoms with Crippen molar-refractivity contribution in [3.63, 3.8) is 0 Å². The Morgan fingerprint density at radius 1 is 1.21 bits per heavy atom. The minimum Gasteiger partial charge on any atom is -0.444 e. The molecule has 2 aliphatic rings. The molecule has 1 aliphatic heterocycles. The number of imidazole rings is 1. The molecule has 1 aliphatic carbocycles. The number of likely N-dealkylation sites (tertiary alicyclic amines) is 1. The maximum absolute atomic E-state index is 13.1. The minimum absolute atomic E-state index is 0.0425. The lowest BCUT2D eigenvalue weighted by molar-refractivity contribution is -0.125. The van der Waals surface area contributed by atoms with Gasteiger partial charge in [0.15, 0.2) is 0 Å². The van der Waals surface area contributed by atoms with E-state index >= 15 is 0 Å². The molecule has 0 bridgehead atoms. The molecule has 0 aromatic carbocycles. The van der Waals surface area contributed by atoms with Crippen LogP contribution in [-0.2, 0) is 15.1 Å². The van der Waals surface area contributed by atoms with Gasteiger partial charge >= 0.3 is 6.09 Å². The van der Waals surface area contributed by atoms with Crippen LogP contribution in [0.1, 0.15) is 54.3 Å². The van der Waals surface area contributed by atoms with Gasteiger partial charge in [0.25, 0.3) is 0 Å². The van der Waals surface area contributed by atoms with Crippen molar-refractivity contribution in [2.24, 2.45) is 23.7 Å². The predicted molar refractivity (Wildman–Crippen MR) is 130 cm³/mol. The average Bonchev–Trinajstić information content (AvgIpc) is 3.04. The molecule has 2 fully saturated rings. The van der Waals surface area contributed by atoms with E-state index in [1.54, 1.807) is 4.90 Å². The molecule has 1 N–H and O–H groups in total. The molecule has 0 unspecified atom stereocenters. The van der Waals surface area contributed by atoms with Crippen molar-refractivity contribution >= 4 is 29.3 Å². The highest BCUT2D eigenvalue weighted by Gasteiger charge is 2.61. The highest BCUT2D eigenvalue weighted by Crippen LogP contribution is 2.52. The van der Waals surface area contributed by atoms with E-state index in [1.807, 2.05) is 64.8 Å². The lowest BCUT2D eigenvalue weighted by atomic mass is 10.0. The second-order valence-electron chi connectivity index (χ2n) is 11.3. The Balaban J connectivity index is 1.40. The summed E-state index contributed by atoms with van der Waals surface area (Å²) >= 11 is 1.84. The number of amides is 2. The van der Waals surface area contributed by atoms with E-state index in [9.17, 15) is 9.59 Å². The summed E-state index contributed by atoms with van der Waals surface area (Å²) in [6.07, 6.45) is 3.62. The van der Waals surface area contributed by atoms with Gasteiger partial charge in [0.05, 0.1) is 17.3 Å². The molecule has 4 rings (SSSR count). The summed E-state index contributed by atoms with van der Waals surface area (Å²) in [5.74, 6) is 2.89. The average molecular weight is 473 g/mol. The van der Waals surface area contributed by atoms with Crippen molar-refractivity contribution in [1.29, 1.82) is 0 Å². The first-order chi connectivity index (χ1) is 15.4. The van der Waals surface area contributed by atoms with E-state index in [0.717, 1.165) is 17.1 Å². The van der Waals surface area contributed by atoms with Gasteiger partial charge in [-0.3, -0.25) is 4.79 Å². The quantitative estimate of drug-likeness (QED) is 0.625. The number of hydrogen-bond acceptors (Lipinski definition) is 5. The lowest BCUT2D eigenvalue weighted by Crippen LogP contribution is -2.45. The van der Waals surface area contributed by atoms with Crippen LogP contribution in [0.4, 0.5) is 4.79 Å². The zero-order valence-corrected chi connectivity index (χ0v) is 21.5. The summed E-state index contributed by atoms with van der Waals surface area (Å²) in [5.41, 5.74) is -0.0611. The van der Waals surface area contributed by atoms with Crippen molar-refractivity contribution in [2.75, 3.05) is 18.8 Å². The number of aromatic nitrogens is 2. The van der Waals surface area contributed by atoms with Gasteiger partial charge in [-0.15, -0.1) is 11.8 Å². The number of piperidine rings is 1. The largest absolute Gasteiger partial charge is 0.444 e. The Bertz CT molecular complexity index is 1040. The van der Waals surface area contributed by atoms with Crippen LogP contribution in [0.25, 0.3) is 5.52 Å². The van der Waals surface area contributed by atoms with Crippen molar-refractivity contribution in [1.82, 2.24) is 19.6 Å². The number of ether oxygens (including phenoxy) is 1. The van der Waals surface area contributed by atoms with Crippen LogP contribution in [-0.4, -0.2) is 50.7 Å². The van der Waals surface area contributed by atoms with Crippen LogP contribution in [0.15, 0.2) is 29.4 Å². The molecule has 33 heavy (non-hydrogen) atoms. The van der Waals surface area contributed by atoms with Crippen LogP contribution in [0.5, 0.6) is 0 Å². The first-order valence-corrected chi connectivity index (χ1v) is 12.8. The summed E-state index contributed by atoms with van der Waals surface area (Å²) < 4.78 is 7.55. The molecule has 1 saturated heterocycles. The van der Waals surface area contributed by atoms with Crippen molar-refractivity contribution in [2.45, 2.75) is 64.5 Å². The fourth-order valence-electron chi connectivity index (χ4n) is 4.67. The van der Waals surface area contributed by atoms with Crippen molar-refractivity contribution in [3.05, 3.63) is 30.4 Å². The summed E-state index contributed by atoms with van der Waals surface area (Å²) in [6, 6.07) is 4.16. The third-order valence-corrected chi connectivity index (χ3v) is 7.74. The van der Waals surface area contributed by atoms with Gasteiger partial charge in [0.1, 0.15) is 11.4 Å².